The fraction of sp³-hybridized carbons (Fsp3) is 0.333. The minimum Gasteiger partial charge on any atom is -0.483 e. The van der Waals surface area contributed by atoms with Crippen molar-refractivity contribution >= 4 is 35.0 Å². The van der Waals surface area contributed by atoms with Crippen LogP contribution < -0.4 is 10.1 Å². The lowest BCUT2D eigenvalue weighted by Crippen LogP contribution is -2.55. The molecule has 5 nitrogen and oxygen atoms in total. The Morgan fingerprint density at radius 1 is 0.919 bits per heavy atom. The van der Waals surface area contributed by atoms with Crippen molar-refractivity contribution in [1.29, 1.82) is 0 Å². The Bertz CT molecular complexity index is 1240. The summed E-state index contributed by atoms with van der Waals surface area (Å²) in [4.78, 5) is 28.9. The average Bonchev–Trinajstić information content (AvgIpc) is 2.83. The molecule has 7 heteroatoms. The predicted molar refractivity (Wildman–Crippen MR) is 150 cm³/mol. The zero-order chi connectivity index (χ0) is 27.2. The number of carbonyl (C=O) groups is 2. The number of aryl methyl sites for hydroxylation is 2. The Morgan fingerprint density at radius 2 is 1.62 bits per heavy atom. The lowest BCUT2D eigenvalue weighted by molar-refractivity contribution is -0.143. The van der Waals surface area contributed by atoms with Crippen LogP contribution in [0.2, 0.25) is 10.0 Å². The molecular weight excluding hydrogens is 507 g/mol. The lowest BCUT2D eigenvalue weighted by atomic mass is 10.0. The van der Waals surface area contributed by atoms with Gasteiger partial charge in [0, 0.05) is 18.5 Å². The number of hydrogen-bond donors (Lipinski definition) is 1. The smallest absolute Gasteiger partial charge is 0.261 e. The third-order valence-electron chi connectivity index (χ3n) is 5.80. The minimum atomic E-state index is -0.772. The first-order chi connectivity index (χ1) is 17.4. The van der Waals surface area contributed by atoms with Crippen molar-refractivity contribution in [2.75, 3.05) is 6.61 Å². The molecule has 196 valence electrons. The highest BCUT2D eigenvalue weighted by molar-refractivity contribution is 6.42. The average molecular weight is 542 g/mol. The molecule has 0 aromatic heterocycles. The van der Waals surface area contributed by atoms with E-state index >= 15 is 0 Å². The van der Waals surface area contributed by atoms with E-state index in [4.69, 9.17) is 27.9 Å². The van der Waals surface area contributed by atoms with Crippen molar-refractivity contribution in [2.45, 2.75) is 59.2 Å². The third-order valence-corrected chi connectivity index (χ3v) is 6.54. The minimum absolute atomic E-state index is 0.168. The van der Waals surface area contributed by atoms with Crippen LogP contribution in [0, 0.1) is 13.8 Å². The first kappa shape index (κ1) is 28.5. The maximum Gasteiger partial charge on any atom is 0.261 e. The van der Waals surface area contributed by atoms with Gasteiger partial charge in [0.2, 0.25) is 5.91 Å². The number of nitrogens with one attached hydrogen (secondary N) is 1. The first-order valence-corrected chi connectivity index (χ1v) is 13.0. The summed E-state index contributed by atoms with van der Waals surface area (Å²) in [6.07, 6.45) is 0.347. The van der Waals surface area contributed by atoms with Crippen molar-refractivity contribution in [2.24, 2.45) is 0 Å². The molecule has 1 N–H and O–H groups in total. The third kappa shape index (κ3) is 8.51. The summed E-state index contributed by atoms with van der Waals surface area (Å²) in [5, 5.41) is 3.86. The van der Waals surface area contributed by atoms with E-state index in [1.165, 1.54) is 0 Å². The Kier molecular flexibility index (Phi) is 9.63. The molecule has 0 heterocycles. The van der Waals surface area contributed by atoms with Crippen molar-refractivity contribution in [3.8, 4) is 5.75 Å². The van der Waals surface area contributed by atoms with Gasteiger partial charge in [0.05, 0.1) is 10.0 Å². The highest BCUT2D eigenvalue weighted by Gasteiger charge is 2.32. The molecule has 3 aromatic carbocycles. The number of nitrogens with zero attached hydrogens (tertiary/aromatic N) is 1. The summed E-state index contributed by atoms with van der Waals surface area (Å²) >= 11 is 12.4. The van der Waals surface area contributed by atoms with Gasteiger partial charge in [0.15, 0.2) is 6.61 Å². The van der Waals surface area contributed by atoms with E-state index in [1.54, 1.807) is 23.1 Å². The first-order valence-electron chi connectivity index (χ1n) is 12.2. The van der Waals surface area contributed by atoms with Gasteiger partial charge in [-0.1, -0.05) is 71.7 Å². The van der Waals surface area contributed by atoms with Gasteiger partial charge in [-0.05, 0) is 75.1 Å². The Labute approximate surface area is 229 Å². The summed E-state index contributed by atoms with van der Waals surface area (Å²) in [7, 11) is 0. The maximum absolute atomic E-state index is 13.7. The van der Waals surface area contributed by atoms with Gasteiger partial charge in [-0.2, -0.15) is 0 Å². The Hall–Kier alpha value is -3.02. The standard InChI is InChI=1S/C30H34Cl2N2O3/c1-20-11-12-21(2)27(15-20)37-19-28(35)34(18-23-13-14-24(31)25(32)16-23)26(29(36)33-30(3,4)5)17-22-9-7-6-8-10-22/h6-16,26H,17-19H2,1-5H3,(H,33,36)/t26-/m1/s1. The Morgan fingerprint density at radius 3 is 2.27 bits per heavy atom. The molecule has 0 radical (unpaired) electrons. The number of halogens is 2. The van der Waals surface area contributed by atoms with E-state index in [2.05, 4.69) is 5.32 Å². The second-order valence-corrected chi connectivity index (χ2v) is 11.1. The van der Waals surface area contributed by atoms with Crippen LogP contribution in [0.1, 0.15) is 43.0 Å². The van der Waals surface area contributed by atoms with Crippen molar-refractivity contribution < 1.29 is 14.3 Å². The zero-order valence-corrected chi connectivity index (χ0v) is 23.5. The molecule has 37 heavy (non-hydrogen) atoms. The van der Waals surface area contributed by atoms with Crippen LogP contribution in [0.15, 0.2) is 66.7 Å². The summed E-state index contributed by atoms with van der Waals surface area (Å²) in [6.45, 7) is 9.61. The van der Waals surface area contributed by atoms with Crippen LogP contribution in [-0.2, 0) is 22.6 Å². The van der Waals surface area contributed by atoms with Crippen molar-refractivity contribution in [1.82, 2.24) is 10.2 Å². The zero-order valence-electron chi connectivity index (χ0n) is 22.0. The van der Waals surface area contributed by atoms with E-state index in [9.17, 15) is 9.59 Å². The van der Waals surface area contributed by atoms with E-state index in [0.717, 1.165) is 22.3 Å². The summed E-state index contributed by atoms with van der Waals surface area (Å²) in [5.74, 6) is 0.0926. The largest absolute Gasteiger partial charge is 0.483 e. The van der Waals surface area contributed by atoms with Gasteiger partial charge >= 0.3 is 0 Å². The molecule has 0 bridgehead atoms. The number of ether oxygens (including phenoxy) is 1. The van der Waals surface area contributed by atoms with Gasteiger partial charge in [-0.25, -0.2) is 0 Å². The molecule has 0 aliphatic heterocycles. The van der Waals surface area contributed by atoms with Crippen LogP contribution in [0.4, 0.5) is 0 Å². The molecule has 0 aliphatic carbocycles. The van der Waals surface area contributed by atoms with Crippen LogP contribution >= 0.6 is 23.2 Å². The van der Waals surface area contributed by atoms with Crippen LogP contribution in [0.3, 0.4) is 0 Å². The van der Waals surface area contributed by atoms with Crippen molar-refractivity contribution in [3.05, 3.63) is 99.0 Å². The molecule has 0 fully saturated rings. The highest BCUT2D eigenvalue weighted by atomic mass is 35.5. The van der Waals surface area contributed by atoms with Gasteiger partial charge in [0.25, 0.3) is 5.91 Å². The molecule has 2 amide bonds. The second kappa shape index (κ2) is 12.5. The quantitative estimate of drug-likeness (QED) is 0.335. The molecule has 3 rings (SSSR count). The molecule has 0 aliphatic rings. The van der Waals surface area contributed by atoms with Crippen LogP contribution in [0.5, 0.6) is 5.75 Å². The van der Waals surface area contributed by atoms with Gasteiger partial charge in [-0.15, -0.1) is 0 Å². The number of amides is 2. The number of benzene rings is 3. The molecule has 0 saturated heterocycles. The van der Waals surface area contributed by atoms with Gasteiger partial charge < -0.3 is 15.0 Å². The summed E-state index contributed by atoms with van der Waals surface area (Å²) in [6, 6.07) is 20.0. The monoisotopic (exact) mass is 540 g/mol. The lowest BCUT2D eigenvalue weighted by Gasteiger charge is -2.34. The van der Waals surface area contributed by atoms with Crippen molar-refractivity contribution in [3.63, 3.8) is 0 Å². The SMILES string of the molecule is Cc1ccc(C)c(OCC(=O)N(Cc2ccc(Cl)c(Cl)c2)[C@H](Cc2ccccc2)C(=O)NC(C)(C)C)c1. The van der Waals surface area contributed by atoms with Crippen LogP contribution in [0.25, 0.3) is 0 Å². The molecule has 0 spiro atoms. The number of hydrogen-bond acceptors (Lipinski definition) is 3. The van der Waals surface area contributed by atoms with Gasteiger partial charge in [0.1, 0.15) is 11.8 Å². The maximum atomic E-state index is 13.7. The molecular formula is C30H34Cl2N2O3. The highest BCUT2D eigenvalue weighted by Crippen LogP contribution is 2.25. The normalized spacial score (nSPS) is 12.1. The number of rotatable bonds is 9. The fourth-order valence-corrected chi connectivity index (χ4v) is 4.25. The van der Waals surface area contributed by atoms with E-state index in [1.807, 2.05) is 83.1 Å². The van der Waals surface area contributed by atoms with Crippen LogP contribution in [-0.4, -0.2) is 34.9 Å². The Balaban J connectivity index is 1.97. The number of carbonyl (C=O) groups excluding carboxylic acids is 2. The molecule has 0 saturated carbocycles. The summed E-state index contributed by atoms with van der Waals surface area (Å²) < 4.78 is 5.95. The fourth-order valence-electron chi connectivity index (χ4n) is 3.93. The molecule has 0 unspecified atom stereocenters. The second-order valence-electron chi connectivity index (χ2n) is 10.3. The van der Waals surface area contributed by atoms with Gasteiger partial charge in [-0.3, -0.25) is 9.59 Å². The topological polar surface area (TPSA) is 58.6 Å². The van der Waals surface area contributed by atoms with E-state index < -0.39 is 11.6 Å². The van der Waals surface area contributed by atoms with E-state index in [-0.39, 0.29) is 25.0 Å². The molecule has 1 atom stereocenters. The predicted octanol–water partition coefficient (Wildman–Crippen LogP) is 6.54. The summed E-state index contributed by atoms with van der Waals surface area (Å²) in [5.41, 5.74) is 3.20. The molecule has 3 aromatic rings. The van der Waals surface area contributed by atoms with E-state index in [0.29, 0.717) is 22.2 Å².